The maximum absolute atomic E-state index is 6.84. The zero-order valence-electron chi connectivity index (χ0n) is 14.1. The van der Waals surface area contributed by atoms with Gasteiger partial charge in [0.1, 0.15) is 11.5 Å². The van der Waals surface area contributed by atoms with Crippen molar-refractivity contribution >= 4 is 22.4 Å². The van der Waals surface area contributed by atoms with E-state index >= 15 is 0 Å². The summed E-state index contributed by atoms with van der Waals surface area (Å²) in [4.78, 5) is 0. The summed E-state index contributed by atoms with van der Waals surface area (Å²) >= 11 is 6.84. The van der Waals surface area contributed by atoms with Gasteiger partial charge in [0.25, 0.3) is 0 Å². The highest BCUT2D eigenvalue weighted by Crippen LogP contribution is 2.48. The summed E-state index contributed by atoms with van der Waals surface area (Å²) in [6.07, 6.45) is 1.87. The van der Waals surface area contributed by atoms with Crippen molar-refractivity contribution < 1.29 is 9.47 Å². The molecule has 3 aromatic carbocycles. The predicted molar refractivity (Wildman–Crippen MR) is 99.7 cm³/mol. The Hall–Kier alpha value is -2.19. The van der Waals surface area contributed by atoms with Gasteiger partial charge in [0.05, 0.1) is 19.2 Å². The minimum atomic E-state index is 0.837. The highest BCUT2D eigenvalue weighted by atomic mass is 35.5. The third kappa shape index (κ3) is 2.10. The first-order valence-corrected chi connectivity index (χ1v) is 8.54. The van der Waals surface area contributed by atoms with Crippen LogP contribution in [0.1, 0.15) is 23.6 Å². The molecule has 2 nitrogen and oxygen atoms in total. The predicted octanol–water partition coefficient (Wildman–Crippen LogP) is 5.64. The number of halogens is 1. The second-order valence-electron chi connectivity index (χ2n) is 6.11. The Kier molecular flexibility index (Phi) is 3.65. The Balaban J connectivity index is 2.05. The quantitative estimate of drug-likeness (QED) is 0.481. The van der Waals surface area contributed by atoms with Crippen LogP contribution in [0.2, 0.25) is 5.02 Å². The lowest BCUT2D eigenvalue weighted by molar-refractivity contribution is 0.414. The van der Waals surface area contributed by atoms with Gasteiger partial charge in [0.2, 0.25) is 0 Å². The number of benzene rings is 3. The van der Waals surface area contributed by atoms with Crippen molar-refractivity contribution in [3.63, 3.8) is 0 Å². The van der Waals surface area contributed by atoms with Crippen molar-refractivity contribution in [2.75, 3.05) is 14.2 Å². The molecule has 0 saturated heterocycles. The molecule has 3 heteroatoms. The Labute approximate surface area is 147 Å². The van der Waals surface area contributed by atoms with Crippen molar-refractivity contribution in [3.05, 3.63) is 58.1 Å². The molecule has 0 aliphatic heterocycles. The minimum Gasteiger partial charge on any atom is -0.497 e. The van der Waals surface area contributed by atoms with Crippen LogP contribution in [0.4, 0.5) is 0 Å². The van der Waals surface area contributed by atoms with Gasteiger partial charge in [0.15, 0.2) is 0 Å². The van der Waals surface area contributed by atoms with Gasteiger partial charge in [-0.05, 0) is 70.8 Å². The molecule has 0 atom stereocenters. The average molecular weight is 339 g/mol. The van der Waals surface area contributed by atoms with E-state index in [0.717, 1.165) is 34.7 Å². The van der Waals surface area contributed by atoms with Gasteiger partial charge in [-0.25, -0.2) is 0 Å². The molecule has 24 heavy (non-hydrogen) atoms. The van der Waals surface area contributed by atoms with E-state index in [1.54, 1.807) is 14.2 Å². The molecular formula is C21H19ClO2. The fourth-order valence-corrected chi connectivity index (χ4v) is 4.21. The highest BCUT2D eigenvalue weighted by Gasteiger charge is 2.26. The SMILES string of the molecule is CCc1c2c(c(Cl)c3ccc(OC)cc13)-c1ccc(OC)cc1C2. The van der Waals surface area contributed by atoms with Gasteiger partial charge < -0.3 is 9.47 Å². The molecule has 3 aromatic rings. The molecule has 4 rings (SSSR count). The third-order valence-electron chi connectivity index (χ3n) is 4.98. The summed E-state index contributed by atoms with van der Waals surface area (Å²) in [6.45, 7) is 2.20. The van der Waals surface area contributed by atoms with E-state index in [0.29, 0.717) is 0 Å². The van der Waals surface area contributed by atoms with Crippen LogP contribution < -0.4 is 9.47 Å². The van der Waals surface area contributed by atoms with E-state index in [-0.39, 0.29) is 0 Å². The number of rotatable bonds is 3. The van der Waals surface area contributed by atoms with Crippen LogP contribution in [0.15, 0.2) is 36.4 Å². The molecule has 122 valence electrons. The Morgan fingerprint density at radius 3 is 2.38 bits per heavy atom. The zero-order valence-corrected chi connectivity index (χ0v) is 14.8. The first-order valence-electron chi connectivity index (χ1n) is 8.16. The summed E-state index contributed by atoms with van der Waals surface area (Å²) in [6, 6.07) is 12.4. The third-order valence-corrected chi connectivity index (χ3v) is 5.37. The fraction of sp³-hybridized carbons (Fsp3) is 0.238. The van der Waals surface area contributed by atoms with Crippen molar-refractivity contribution in [3.8, 4) is 22.6 Å². The molecule has 0 fully saturated rings. The second kappa shape index (κ2) is 5.71. The number of hydrogen-bond acceptors (Lipinski definition) is 2. The van der Waals surface area contributed by atoms with Crippen LogP contribution in [0.3, 0.4) is 0 Å². The van der Waals surface area contributed by atoms with Crippen LogP contribution in [0.5, 0.6) is 11.5 Å². The molecule has 0 bridgehead atoms. The van der Waals surface area contributed by atoms with Gasteiger partial charge in [-0.15, -0.1) is 0 Å². The lowest BCUT2D eigenvalue weighted by Gasteiger charge is -2.15. The van der Waals surface area contributed by atoms with Gasteiger partial charge >= 0.3 is 0 Å². The van der Waals surface area contributed by atoms with Gasteiger partial charge in [-0.1, -0.05) is 24.6 Å². The van der Waals surface area contributed by atoms with Crippen LogP contribution in [-0.4, -0.2) is 14.2 Å². The molecule has 0 saturated carbocycles. The largest absolute Gasteiger partial charge is 0.497 e. The smallest absolute Gasteiger partial charge is 0.119 e. The maximum atomic E-state index is 6.84. The molecular weight excluding hydrogens is 320 g/mol. The summed E-state index contributed by atoms with van der Waals surface area (Å²) in [7, 11) is 3.40. The normalized spacial score (nSPS) is 12.2. The van der Waals surface area contributed by atoms with Crippen molar-refractivity contribution in [1.82, 2.24) is 0 Å². The molecule has 0 radical (unpaired) electrons. The molecule has 1 aliphatic carbocycles. The fourth-order valence-electron chi connectivity index (χ4n) is 3.83. The van der Waals surface area contributed by atoms with E-state index in [9.17, 15) is 0 Å². The molecule has 0 amide bonds. The second-order valence-corrected chi connectivity index (χ2v) is 6.49. The Morgan fingerprint density at radius 1 is 0.958 bits per heavy atom. The van der Waals surface area contributed by atoms with Crippen LogP contribution in [0.25, 0.3) is 21.9 Å². The van der Waals surface area contributed by atoms with Crippen molar-refractivity contribution in [1.29, 1.82) is 0 Å². The lowest BCUT2D eigenvalue weighted by Crippen LogP contribution is -1.95. The van der Waals surface area contributed by atoms with E-state index < -0.39 is 0 Å². The summed E-state index contributed by atoms with van der Waals surface area (Å²) in [5.41, 5.74) is 6.39. The highest BCUT2D eigenvalue weighted by molar-refractivity contribution is 6.39. The van der Waals surface area contributed by atoms with Gasteiger partial charge in [-0.3, -0.25) is 0 Å². The number of ether oxygens (including phenoxy) is 2. The molecule has 0 aromatic heterocycles. The van der Waals surface area contributed by atoms with Crippen molar-refractivity contribution in [2.24, 2.45) is 0 Å². The molecule has 1 aliphatic rings. The molecule has 0 spiro atoms. The number of fused-ring (bicyclic) bond motifs is 4. The summed E-state index contributed by atoms with van der Waals surface area (Å²) < 4.78 is 10.8. The number of methoxy groups -OCH3 is 2. The first kappa shape index (κ1) is 15.3. The molecule has 0 unspecified atom stereocenters. The molecule has 0 N–H and O–H groups in total. The standard InChI is InChI=1S/C21H19ClO2/c1-4-15-18-11-14(24-3)6-8-17(18)21(22)20-16-7-5-13(23-2)9-12(16)10-19(15)20/h5-9,11H,4,10H2,1-3H3. The van der Waals surface area contributed by atoms with E-state index in [1.165, 1.54) is 33.2 Å². The van der Waals surface area contributed by atoms with E-state index in [1.807, 2.05) is 12.1 Å². The van der Waals surface area contributed by atoms with Gasteiger partial charge in [0, 0.05) is 10.9 Å². The number of hydrogen-bond donors (Lipinski definition) is 0. The minimum absolute atomic E-state index is 0.837. The van der Waals surface area contributed by atoms with Crippen LogP contribution >= 0.6 is 11.6 Å². The maximum Gasteiger partial charge on any atom is 0.119 e. The zero-order chi connectivity index (χ0) is 16.8. The lowest BCUT2D eigenvalue weighted by atomic mass is 9.92. The van der Waals surface area contributed by atoms with Crippen LogP contribution in [-0.2, 0) is 12.8 Å². The monoisotopic (exact) mass is 338 g/mol. The topological polar surface area (TPSA) is 18.5 Å². The Morgan fingerprint density at radius 2 is 1.67 bits per heavy atom. The summed E-state index contributed by atoms with van der Waals surface area (Å²) in [5.74, 6) is 1.76. The van der Waals surface area contributed by atoms with Crippen LogP contribution in [0, 0.1) is 0 Å². The average Bonchev–Trinajstić information content (AvgIpc) is 3.00. The number of aryl methyl sites for hydroxylation is 1. The first-order chi connectivity index (χ1) is 11.7. The van der Waals surface area contributed by atoms with Crippen molar-refractivity contribution in [2.45, 2.75) is 19.8 Å². The Bertz CT molecular complexity index is 960. The molecule has 0 heterocycles. The van der Waals surface area contributed by atoms with E-state index in [4.69, 9.17) is 21.1 Å². The summed E-state index contributed by atoms with van der Waals surface area (Å²) in [5, 5.41) is 3.13. The van der Waals surface area contributed by atoms with Gasteiger partial charge in [-0.2, -0.15) is 0 Å². The van der Waals surface area contributed by atoms with E-state index in [2.05, 4.69) is 31.2 Å².